The number of amides is 1. The molecule has 15 heteroatoms. The van der Waals surface area contributed by atoms with Crippen molar-refractivity contribution in [1.82, 2.24) is 14.8 Å². The molecule has 0 radical (unpaired) electrons. The van der Waals surface area contributed by atoms with Crippen molar-refractivity contribution in [3.8, 4) is 0 Å². The number of carboxylic acids is 2. The van der Waals surface area contributed by atoms with E-state index in [2.05, 4.69) is 26.9 Å². The number of likely N-dealkylation sites (tertiary alicyclic amines) is 1. The molecule has 3 fully saturated rings. The Bertz CT molecular complexity index is 880. The van der Waals surface area contributed by atoms with Crippen molar-refractivity contribution in [1.29, 1.82) is 0 Å². The third-order valence-electron chi connectivity index (χ3n) is 5.91. The van der Waals surface area contributed by atoms with Crippen LogP contribution in [0.1, 0.15) is 24.8 Å². The third-order valence-corrected chi connectivity index (χ3v) is 5.91. The van der Waals surface area contributed by atoms with Crippen molar-refractivity contribution in [2.24, 2.45) is 5.92 Å². The topological polar surface area (TPSA) is 120 Å². The van der Waals surface area contributed by atoms with Crippen LogP contribution < -0.4 is 0 Å². The summed E-state index contributed by atoms with van der Waals surface area (Å²) in [5, 5.41) is 14.2. The number of carbonyl (C=O) groups excluding carboxylic acids is 1. The second kappa shape index (κ2) is 13.0. The van der Waals surface area contributed by atoms with Crippen LogP contribution in [0.4, 0.5) is 26.3 Å². The van der Waals surface area contributed by atoms with Gasteiger partial charge in [0.2, 0.25) is 5.91 Å². The lowest BCUT2D eigenvalue weighted by molar-refractivity contribution is -0.193. The van der Waals surface area contributed by atoms with Gasteiger partial charge in [-0.3, -0.25) is 14.7 Å². The molecule has 2 N–H and O–H groups in total. The third kappa shape index (κ3) is 9.80. The Morgan fingerprint density at radius 3 is 1.81 bits per heavy atom. The fourth-order valence-corrected chi connectivity index (χ4v) is 4.02. The standard InChI is InChI=1S/C18H25N3O2.2C2HF3O2/c22-18(15-1-2-15)21-8-5-16(20-9-11-23-12-10-20)17(21)13-14-3-6-19-7-4-14;2*3-2(4,5)1(6)7/h3-4,6-7,15-17H,1-2,5,8-13H2;2*(H,6,7)/t16-,17+;;/m1../s1. The van der Waals surface area contributed by atoms with Crippen molar-refractivity contribution in [3.05, 3.63) is 30.1 Å². The molecule has 1 saturated carbocycles. The van der Waals surface area contributed by atoms with E-state index >= 15 is 0 Å². The van der Waals surface area contributed by atoms with E-state index in [0.29, 0.717) is 23.9 Å². The Labute approximate surface area is 208 Å². The maximum Gasteiger partial charge on any atom is 0.490 e. The van der Waals surface area contributed by atoms with E-state index in [1.54, 1.807) is 0 Å². The van der Waals surface area contributed by atoms with Gasteiger partial charge >= 0.3 is 24.3 Å². The SMILES string of the molecule is O=C(C1CC1)N1CC[C@@H](N2CCOCC2)[C@@H]1Cc1ccncc1.O=C(O)C(F)(F)F.O=C(O)C(F)(F)F. The first kappa shape index (κ1) is 30.3. The molecule has 208 valence electrons. The average molecular weight is 543 g/mol. The Balaban J connectivity index is 0.000000286. The molecule has 4 rings (SSSR count). The number of rotatable bonds is 4. The van der Waals surface area contributed by atoms with Crippen LogP contribution in [0.25, 0.3) is 0 Å². The van der Waals surface area contributed by atoms with E-state index in [4.69, 9.17) is 24.5 Å². The number of aromatic nitrogens is 1. The molecule has 1 aromatic heterocycles. The number of carbonyl (C=O) groups is 3. The number of aliphatic carboxylic acids is 2. The predicted octanol–water partition coefficient (Wildman–Crippen LogP) is 2.60. The van der Waals surface area contributed by atoms with E-state index in [-0.39, 0.29) is 0 Å². The Hall–Kier alpha value is -2.94. The number of hydrogen-bond acceptors (Lipinski definition) is 6. The summed E-state index contributed by atoms with van der Waals surface area (Å²) in [6.07, 6.45) is -2.28. The Morgan fingerprint density at radius 1 is 0.892 bits per heavy atom. The van der Waals surface area contributed by atoms with E-state index in [1.165, 1.54) is 5.56 Å². The first-order valence-electron chi connectivity index (χ1n) is 11.3. The van der Waals surface area contributed by atoms with E-state index < -0.39 is 24.3 Å². The van der Waals surface area contributed by atoms with Gasteiger partial charge in [0.15, 0.2) is 0 Å². The van der Waals surface area contributed by atoms with Crippen LogP contribution in [0.15, 0.2) is 24.5 Å². The molecule has 0 aromatic carbocycles. The smallest absolute Gasteiger partial charge is 0.475 e. The summed E-state index contributed by atoms with van der Waals surface area (Å²) < 4.78 is 69.0. The number of alkyl halides is 6. The normalized spacial score (nSPS) is 22.3. The van der Waals surface area contributed by atoms with Gasteiger partial charge in [-0.05, 0) is 43.4 Å². The predicted molar refractivity (Wildman–Crippen MR) is 114 cm³/mol. The number of halogens is 6. The molecule has 2 atom stereocenters. The van der Waals surface area contributed by atoms with Gasteiger partial charge in [-0.15, -0.1) is 0 Å². The van der Waals surface area contributed by atoms with Crippen molar-refractivity contribution in [2.45, 2.75) is 50.1 Å². The minimum atomic E-state index is -5.08. The van der Waals surface area contributed by atoms with E-state index in [0.717, 1.165) is 58.5 Å². The summed E-state index contributed by atoms with van der Waals surface area (Å²) in [6.45, 7) is 4.52. The van der Waals surface area contributed by atoms with E-state index in [1.807, 2.05) is 12.4 Å². The molecule has 1 amide bonds. The fourth-order valence-electron chi connectivity index (χ4n) is 4.02. The molecule has 3 aliphatic rings. The number of carboxylic acid groups (broad SMARTS) is 2. The maximum absolute atomic E-state index is 12.7. The molecule has 0 bridgehead atoms. The second-order valence-corrected chi connectivity index (χ2v) is 8.54. The number of nitrogens with zero attached hydrogens (tertiary/aromatic N) is 3. The summed E-state index contributed by atoms with van der Waals surface area (Å²) in [5.74, 6) is -4.82. The first-order chi connectivity index (χ1) is 17.2. The zero-order valence-corrected chi connectivity index (χ0v) is 19.5. The lowest BCUT2D eigenvalue weighted by Crippen LogP contribution is -2.51. The van der Waals surface area contributed by atoms with Crippen LogP contribution in [0.2, 0.25) is 0 Å². The van der Waals surface area contributed by atoms with Crippen molar-refractivity contribution in [3.63, 3.8) is 0 Å². The minimum absolute atomic E-state index is 0.295. The number of morpholine rings is 1. The van der Waals surface area contributed by atoms with Crippen LogP contribution in [0.5, 0.6) is 0 Å². The van der Waals surface area contributed by atoms with Gasteiger partial charge in [0.25, 0.3) is 0 Å². The summed E-state index contributed by atoms with van der Waals surface area (Å²) in [7, 11) is 0. The van der Waals surface area contributed by atoms with Crippen LogP contribution in [0.3, 0.4) is 0 Å². The van der Waals surface area contributed by atoms with Gasteiger partial charge in [0, 0.05) is 44.0 Å². The molecule has 3 heterocycles. The van der Waals surface area contributed by atoms with Crippen molar-refractivity contribution < 1.29 is 55.7 Å². The van der Waals surface area contributed by atoms with Crippen LogP contribution in [0, 0.1) is 5.92 Å². The second-order valence-electron chi connectivity index (χ2n) is 8.54. The molecule has 2 saturated heterocycles. The highest BCUT2D eigenvalue weighted by molar-refractivity contribution is 5.81. The van der Waals surface area contributed by atoms with Crippen LogP contribution >= 0.6 is 0 Å². The molecule has 37 heavy (non-hydrogen) atoms. The van der Waals surface area contributed by atoms with Crippen molar-refractivity contribution in [2.75, 3.05) is 32.8 Å². The monoisotopic (exact) mass is 543 g/mol. The van der Waals surface area contributed by atoms with Gasteiger partial charge in [0.05, 0.1) is 19.3 Å². The number of pyridine rings is 1. The molecule has 1 aromatic rings. The molecular formula is C22H27F6N3O6. The van der Waals surface area contributed by atoms with Gasteiger partial charge in [0.1, 0.15) is 0 Å². The summed E-state index contributed by atoms with van der Waals surface area (Å²) in [6, 6.07) is 4.92. The average Bonchev–Trinajstić information content (AvgIpc) is 3.60. The largest absolute Gasteiger partial charge is 0.490 e. The van der Waals surface area contributed by atoms with Crippen LogP contribution in [-0.2, 0) is 25.5 Å². The molecule has 1 aliphatic carbocycles. The van der Waals surface area contributed by atoms with Crippen molar-refractivity contribution >= 4 is 17.8 Å². The van der Waals surface area contributed by atoms with E-state index in [9.17, 15) is 31.1 Å². The zero-order valence-electron chi connectivity index (χ0n) is 19.5. The van der Waals surface area contributed by atoms with Gasteiger partial charge in [-0.25, -0.2) is 9.59 Å². The van der Waals surface area contributed by atoms with Crippen LogP contribution in [-0.4, -0.2) is 100 Å². The highest BCUT2D eigenvalue weighted by Gasteiger charge is 2.44. The molecule has 2 aliphatic heterocycles. The summed E-state index contributed by atoms with van der Waals surface area (Å²) in [4.78, 5) is 39.3. The lowest BCUT2D eigenvalue weighted by atomic mass is 9.99. The quantitative estimate of drug-likeness (QED) is 0.557. The molecule has 0 unspecified atom stereocenters. The lowest BCUT2D eigenvalue weighted by Gasteiger charge is -2.37. The van der Waals surface area contributed by atoms with Gasteiger partial charge in [-0.2, -0.15) is 26.3 Å². The maximum atomic E-state index is 12.7. The molecule has 9 nitrogen and oxygen atoms in total. The zero-order chi connectivity index (χ0) is 27.8. The highest BCUT2D eigenvalue weighted by Crippen LogP contribution is 2.35. The molecule has 0 spiro atoms. The highest BCUT2D eigenvalue weighted by atomic mass is 19.4. The fraction of sp³-hybridized carbons (Fsp3) is 0.636. The Kier molecular flexibility index (Phi) is 10.7. The molecular weight excluding hydrogens is 516 g/mol. The summed E-state index contributed by atoms with van der Waals surface area (Å²) in [5.41, 5.74) is 1.28. The van der Waals surface area contributed by atoms with Gasteiger partial charge < -0.3 is 19.8 Å². The first-order valence-corrected chi connectivity index (χ1v) is 11.3. The number of hydrogen-bond donors (Lipinski definition) is 2. The Morgan fingerprint density at radius 2 is 1.38 bits per heavy atom. The van der Waals surface area contributed by atoms with Gasteiger partial charge in [-0.1, -0.05) is 0 Å². The summed E-state index contributed by atoms with van der Waals surface area (Å²) >= 11 is 0. The number of ether oxygens (including phenoxy) is 1. The minimum Gasteiger partial charge on any atom is -0.475 e.